The number of hydrogen-bond acceptors (Lipinski definition) is 4. The number of nitrogens with one attached hydrogen (secondary N) is 1. The van der Waals surface area contributed by atoms with Gasteiger partial charge in [-0.05, 0) is 43.7 Å². The third-order valence-corrected chi connectivity index (χ3v) is 3.90. The highest BCUT2D eigenvalue weighted by Gasteiger charge is 2.21. The molecule has 6 nitrogen and oxygen atoms in total. The maximum absolute atomic E-state index is 13.3. The normalized spacial score (nSPS) is 10.4. The third kappa shape index (κ3) is 4.67. The van der Waals surface area contributed by atoms with Crippen molar-refractivity contribution in [3.05, 3.63) is 62.9 Å². The van der Waals surface area contributed by atoms with Gasteiger partial charge in [-0.15, -0.1) is 0 Å². The van der Waals surface area contributed by atoms with Gasteiger partial charge < -0.3 is 10.2 Å². The van der Waals surface area contributed by atoms with E-state index in [0.29, 0.717) is 17.3 Å². The van der Waals surface area contributed by atoms with Crippen molar-refractivity contribution in [2.45, 2.75) is 13.8 Å². The number of nitro groups is 1. The zero-order valence-corrected chi connectivity index (χ0v) is 14.5. The molecular weight excluding hydrogens is 349 g/mol. The van der Waals surface area contributed by atoms with Gasteiger partial charge in [-0.1, -0.05) is 17.7 Å². The van der Waals surface area contributed by atoms with Crippen LogP contribution in [0.15, 0.2) is 36.4 Å². The Bertz CT molecular complexity index is 814. The van der Waals surface area contributed by atoms with Crippen LogP contribution in [0.3, 0.4) is 0 Å². The van der Waals surface area contributed by atoms with Crippen LogP contribution in [0, 0.1) is 22.9 Å². The van der Waals surface area contributed by atoms with Crippen LogP contribution in [-0.2, 0) is 4.79 Å². The fourth-order valence-corrected chi connectivity index (χ4v) is 2.54. The lowest BCUT2D eigenvalue weighted by atomic mass is 10.2. The van der Waals surface area contributed by atoms with Crippen LogP contribution in [0.1, 0.15) is 12.5 Å². The second-order valence-corrected chi connectivity index (χ2v) is 5.85. The van der Waals surface area contributed by atoms with Crippen LogP contribution < -0.4 is 10.2 Å². The van der Waals surface area contributed by atoms with Crippen molar-refractivity contribution in [1.29, 1.82) is 0 Å². The lowest BCUT2D eigenvalue weighted by Gasteiger charge is -2.22. The van der Waals surface area contributed by atoms with E-state index >= 15 is 0 Å². The van der Waals surface area contributed by atoms with Gasteiger partial charge >= 0.3 is 0 Å². The summed E-state index contributed by atoms with van der Waals surface area (Å²) in [6.07, 6.45) is 0. The molecule has 25 heavy (non-hydrogen) atoms. The Morgan fingerprint density at radius 3 is 2.68 bits per heavy atom. The Morgan fingerprint density at radius 2 is 2.04 bits per heavy atom. The highest BCUT2D eigenvalue weighted by Crippen LogP contribution is 2.29. The van der Waals surface area contributed by atoms with E-state index in [2.05, 4.69) is 5.32 Å². The van der Waals surface area contributed by atoms with Crippen molar-refractivity contribution in [3.8, 4) is 0 Å². The first-order valence-electron chi connectivity index (χ1n) is 7.56. The molecule has 0 aliphatic rings. The van der Waals surface area contributed by atoms with Crippen LogP contribution in [-0.4, -0.2) is 23.9 Å². The minimum absolute atomic E-state index is 0.116. The molecule has 0 bridgehead atoms. The standard InChI is InChI=1S/C17H17ClFN3O3/c1-3-21(15-7-6-13(19)9-16(15)22(24)25)10-17(23)20-14-8-12(18)5-4-11(14)2/h4-9H,3,10H2,1-2H3,(H,20,23). The topological polar surface area (TPSA) is 75.5 Å². The second kappa shape index (κ2) is 7.94. The van der Waals surface area contributed by atoms with Gasteiger partial charge in [0, 0.05) is 17.3 Å². The molecule has 0 spiro atoms. The van der Waals surface area contributed by atoms with E-state index < -0.39 is 10.7 Å². The van der Waals surface area contributed by atoms with Crippen LogP contribution in [0.4, 0.5) is 21.5 Å². The lowest BCUT2D eigenvalue weighted by molar-refractivity contribution is -0.384. The summed E-state index contributed by atoms with van der Waals surface area (Å²) >= 11 is 5.93. The molecule has 0 saturated carbocycles. The molecule has 0 saturated heterocycles. The molecule has 0 aliphatic heterocycles. The zero-order valence-electron chi connectivity index (χ0n) is 13.8. The number of rotatable bonds is 6. The monoisotopic (exact) mass is 365 g/mol. The second-order valence-electron chi connectivity index (χ2n) is 5.41. The molecule has 8 heteroatoms. The fraction of sp³-hybridized carbons (Fsp3) is 0.235. The summed E-state index contributed by atoms with van der Waals surface area (Å²) in [6.45, 7) is 3.81. The summed E-state index contributed by atoms with van der Waals surface area (Å²) in [4.78, 5) is 24.3. The number of nitro benzene ring substituents is 1. The van der Waals surface area contributed by atoms with Gasteiger partial charge in [-0.2, -0.15) is 0 Å². The van der Waals surface area contributed by atoms with Crippen molar-refractivity contribution < 1.29 is 14.1 Å². The fourth-order valence-electron chi connectivity index (χ4n) is 2.37. The molecule has 1 N–H and O–H groups in total. The summed E-state index contributed by atoms with van der Waals surface area (Å²) in [5.74, 6) is -1.06. The van der Waals surface area contributed by atoms with Crippen LogP contribution >= 0.6 is 11.6 Å². The molecule has 2 aromatic rings. The summed E-state index contributed by atoms with van der Waals surface area (Å²) in [7, 11) is 0. The van der Waals surface area contributed by atoms with E-state index in [9.17, 15) is 19.3 Å². The molecule has 2 rings (SSSR count). The van der Waals surface area contributed by atoms with Crippen LogP contribution in [0.25, 0.3) is 0 Å². The average molecular weight is 366 g/mol. The molecule has 0 radical (unpaired) electrons. The molecule has 0 heterocycles. The Labute approximate surface area is 149 Å². The van der Waals surface area contributed by atoms with E-state index in [0.717, 1.165) is 17.7 Å². The molecule has 0 aliphatic carbocycles. The van der Waals surface area contributed by atoms with Crippen molar-refractivity contribution in [2.75, 3.05) is 23.3 Å². The SMILES string of the molecule is CCN(CC(=O)Nc1cc(Cl)ccc1C)c1ccc(F)cc1[N+](=O)[O-]. The lowest BCUT2D eigenvalue weighted by Crippen LogP contribution is -2.33. The number of likely N-dealkylation sites (N-methyl/N-ethyl adjacent to an activating group) is 1. The molecular formula is C17H17ClFN3O3. The maximum atomic E-state index is 13.3. The Hall–Kier alpha value is -2.67. The molecule has 0 aromatic heterocycles. The quantitative estimate of drug-likeness (QED) is 0.616. The molecule has 0 fully saturated rings. The van der Waals surface area contributed by atoms with Crippen LogP contribution in [0.5, 0.6) is 0 Å². The zero-order chi connectivity index (χ0) is 18.6. The number of carbonyl (C=O) groups excluding carboxylic acids is 1. The Kier molecular flexibility index (Phi) is 5.93. The van der Waals surface area contributed by atoms with Gasteiger partial charge in [0.2, 0.25) is 5.91 Å². The van der Waals surface area contributed by atoms with Gasteiger partial charge in [0.05, 0.1) is 17.5 Å². The van der Waals surface area contributed by atoms with Crippen LogP contribution in [0.2, 0.25) is 5.02 Å². The summed E-state index contributed by atoms with van der Waals surface area (Å²) in [5.41, 5.74) is 1.22. The summed E-state index contributed by atoms with van der Waals surface area (Å²) in [5, 5.41) is 14.4. The van der Waals surface area contributed by atoms with Crippen molar-refractivity contribution in [2.24, 2.45) is 0 Å². The average Bonchev–Trinajstić information content (AvgIpc) is 2.56. The van der Waals surface area contributed by atoms with E-state index in [4.69, 9.17) is 11.6 Å². The van der Waals surface area contributed by atoms with E-state index in [1.54, 1.807) is 25.1 Å². The minimum Gasteiger partial charge on any atom is -0.357 e. The van der Waals surface area contributed by atoms with Crippen molar-refractivity contribution in [3.63, 3.8) is 0 Å². The van der Waals surface area contributed by atoms with Crippen molar-refractivity contribution >= 4 is 34.6 Å². The van der Waals surface area contributed by atoms with Gasteiger partial charge in [0.25, 0.3) is 5.69 Å². The number of nitrogens with zero attached hydrogens (tertiary/aromatic N) is 2. The highest BCUT2D eigenvalue weighted by molar-refractivity contribution is 6.31. The molecule has 2 aromatic carbocycles. The van der Waals surface area contributed by atoms with Gasteiger partial charge in [-0.25, -0.2) is 4.39 Å². The molecule has 132 valence electrons. The largest absolute Gasteiger partial charge is 0.357 e. The van der Waals surface area contributed by atoms with Crippen molar-refractivity contribution in [1.82, 2.24) is 0 Å². The summed E-state index contributed by atoms with van der Waals surface area (Å²) in [6, 6.07) is 8.40. The molecule has 0 unspecified atom stereocenters. The minimum atomic E-state index is -0.703. The number of hydrogen-bond donors (Lipinski definition) is 1. The van der Waals surface area contributed by atoms with E-state index in [-0.39, 0.29) is 23.8 Å². The number of aryl methyl sites for hydroxylation is 1. The number of anilines is 2. The summed E-state index contributed by atoms with van der Waals surface area (Å²) < 4.78 is 13.3. The number of halogens is 2. The number of carbonyl (C=O) groups is 1. The Balaban J connectivity index is 2.21. The molecule has 1 amide bonds. The third-order valence-electron chi connectivity index (χ3n) is 3.66. The predicted octanol–water partition coefficient (Wildman–Crippen LogP) is 4.16. The predicted molar refractivity (Wildman–Crippen MR) is 95.8 cm³/mol. The van der Waals surface area contributed by atoms with E-state index in [1.165, 1.54) is 11.0 Å². The first-order valence-corrected chi connectivity index (χ1v) is 7.94. The van der Waals surface area contributed by atoms with Gasteiger partial charge in [-0.3, -0.25) is 14.9 Å². The van der Waals surface area contributed by atoms with E-state index in [1.807, 2.05) is 6.92 Å². The smallest absolute Gasteiger partial charge is 0.295 e. The van der Waals surface area contributed by atoms with Gasteiger partial charge in [0.1, 0.15) is 11.5 Å². The first kappa shape index (κ1) is 18.7. The number of benzene rings is 2. The van der Waals surface area contributed by atoms with Gasteiger partial charge in [0.15, 0.2) is 0 Å². The first-order chi connectivity index (χ1) is 11.8. The maximum Gasteiger partial charge on any atom is 0.295 e. The highest BCUT2D eigenvalue weighted by atomic mass is 35.5. The Morgan fingerprint density at radius 1 is 1.32 bits per heavy atom. The molecule has 0 atom stereocenters. The number of amides is 1.